The second kappa shape index (κ2) is 8.01. The van der Waals surface area contributed by atoms with Crippen molar-refractivity contribution in [3.05, 3.63) is 83.6 Å². The maximum Gasteiger partial charge on any atom is 0.416 e. The van der Waals surface area contributed by atoms with E-state index < -0.39 is 23.6 Å². The summed E-state index contributed by atoms with van der Waals surface area (Å²) in [5.74, 6) is -1.13. The zero-order valence-corrected chi connectivity index (χ0v) is 14.8. The molecule has 0 saturated heterocycles. The van der Waals surface area contributed by atoms with Crippen LogP contribution in [0.3, 0.4) is 0 Å². The van der Waals surface area contributed by atoms with Crippen molar-refractivity contribution in [2.45, 2.75) is 6.18 Å². The monoisotopic (exact) mass is 400 g/mol. The van der Waals surface area contributed by atoms with Crippen LogP contribution < -0.4 is 16.4 Å². The van der Waals surface area contributed by atoms with E-state index in [0.29, 0.717) is 5.69 Å². The summed E-state index contributed by atoms with van der Waals surface area (Å²) in [4.78, 5) is 28.0. The van der Waals surface area contributed by atoms with Gasteiger partial charge in [0.25, 0.3) is 5.91 Å². The fraction of sp³-hybridized carbons (Fsp3) is 0.0500. The summed E-state index contributed by atoms with van der Waals surface area (Å²) >= 11 is 0. The van der Waals surface area contributed by atoms with Crippen LogP contribution in [0.4, 0.5) is 30.4 Å². The SMILES string of the molecule is NC(=O)c1cccc(NC(=O)c2cccnc2Nc2cccc(C(F)(F)F)c2)c1. The number of hydrogen-bond acceptors (Lipinski definition) is 4. The van der Waals surface area contributed by atoms with Gasteiger partial charge < -0.3 is 16.4 Å². The molecule has 9 heteroatoms. The number of halogens is 3. The second-order valence-corrected chi connectivity index (χ2v) is 6.00. The van der Waals surface area contributed by atoms with Crippen molar-refractivity contribution < 1.29 is 22.8 Å². The molecule has 0 aliphatic rings. The van der Waals surface area contributed by atoms with Crippen LogP contribution in [0.15, 0.2) is 66.9 Å². The molecule has 4 N–H and O–H groups in total. The molecular weight excluding hydrogens is 385 g/mol. The summed E-state index contributed by atoms with van der Waals surface area (Å²) in [6.45, 7) is 0. The number of amides is 2. The van der Waals surface area contributed by atoms with Crippen molar-refractivity contribution in [3.8, 4) is 0 Å². The van der Waals surface area contributed by atoms with Crippen molar-refractivity contribution in [1.29, 1.82) is 0 Å². The highest BCUT2D eigenvalue weighted by Crippen LogP contribution is 2.31. The zero-order valence-electron chi connectivity index (χ0n) is 14.8. The fourth-order valence-electron chi connectivity index (χ4n) is 2.55. The number of rotatable bonds is 5. The highest BCUT2D eigenvalue weighted by atomic mass is 19.4. The number of nitrogens with zero attached hydrogens (tertiary/aromatic N) is 1. The molecule has 6 nitrogen and oxygen atoms in total. The number of nitrogens with two attached hydrogens (primary N) is 1. The van der Waals surface area contributed by atoms with Crippen LogP contribution in [0, 0.1) is 0 Å². The first-order valence-electron chi connectivity index (χ1n) is 8.34. The molecular formula is C20H15F3N4O2. The van der Waals surface area contributed by atoms with E-state index in [-0.39, 0.29) is 22.6 Å². The minimum Gasteiger partial charge on any atom is -0.366 e. The number of carbonyl (C=O) groups is 2. The van der Waals surface area contributed by atoms with Gasteiger partial charge >= 0.3 is 6.18 Å². The molecule has 1 heterocycles. The lowest BCUT2D eigenvalue weighted by molar-refractivity contribution is -0.137. The number of carbonyl (C=O) groups excluding carboxylic acids is 2. The summed E-state index contributed by atoms with van der Waals surface area (Å²) in [5.41, 5.74) is 5.19. The first kappa shape index (κ1) is 19.9. The lowest BCUT2D eigenvalue weighted by atomic mass is 10.1. The Morgan fingerprint density at radius 1 is 0.931 bits per heavy atom. The zero-order chi connectivity index (χ0) is 21.0. The molecule has 0 atom stereocenters. The van der Waals surface area contributed by atoms with E-state index in [9.17, 15) is 22.8 Å². The topological polar surface area (TPSA) is 97.1 Å². The Morgan fingerprint density at radius 2 is 1.66 bits per heavy atom. The molecule has 148 valence electrons. The smallest absolute Gasteiger partial charge is 0.366 e. The molecule has 3 aromatic rings. The molecule has 0 radical (unpaired) electrons. The average molecular weight is 400 g/mol. The Labute approximate surface area is 163 Å². The van der Waals surface area contributed by atoms with E-state index >= 15 is 0 Å². The van der Waals surface area contributed by atoms with Gasteiger partial charge in [0.2, 0.25) is 5.91 Å². The first-order valence-corrected chi connectivity index (χ1v) is 8.34. The number of hydrogen-bond donors (Lipinski definition) is 3. The van der Waals surface area contributed by atoms with Gasteiger partial charge in [-0.3, -0.25) is 9.59 Å². The number of anilines is 3. The van der Waals surface area contributed by atoms with Crippen molar-refractivity contribution >= 4 is 29.0 Å². The third-order valence-electron chi connectivity index (χ3n) is 3.91. The normalized spacial score (nSPS) is 11.0. The van der Waals surface area contributed by atoms with Gasteiger partial charge in [0, 0.05) is 23.1 Å². The second-order valence-electron chi connectivity index (χ2n) is 6.00. The number of primary amides is 1. The molecule has 0 aliphatic carbocycles. The summed E-state index contributed by atoms with van der Waals surface area (Å²) < 4.78 is 38.7. The van der Waals surface area contributed by atoms with E-state index in [1.807, 2.05) is 0 Å². The summed E-state index contributed by atoms with van der Waals surface area (Å²) in [5, 5.41) is 5.34. The van der Waals surface area contributed by atoms with Gasteiger partial charge in [-0.15, -0.1) is 0 Å². The van der Waals surface area contributed by atoms with Crippen molar-refractivity contribution in [1.82, 2.24) is 4.98 Å². The van der Waals surface area contributed by atoms with Crippen molar-refractivity contribution in [2.75, 3.05) is 10.6 Å². The van der Waals surface area contributed by atoms with E-state index in [1.165, 1.54) is 42.6 Å². The quantitative estimate of drug-likeness (QED) is 0.598. The molecule has 0 bridgehead atoms. The molecule has 2 amide bonds. The van der Waals surface area contributed by atoms with E-state index in [2.05, 4.69) is 15.6 Å². The van der Waals surface area contributed by atoms with Crippen LogP contribution in [0.25, 0.3) is 0 Å². The highest BCUT2D eigenvalue weighted by molar-refractivity contribution is 6.08. The minimum atomic E-state index is -4.49. The van der Waals surface area contributed by atoms with Gasteiger partial charge in [-0.05, 0) is 48.5 Å². The third kappa shape index (κ3) is 4.89. The fourth-order valence-corrected chi connectivity index (χ4v) is 2.55. The molecule has 2 aromatic carbocycles. The Hall–Kier alpha value is -3.88. The van der Waals surface area contributed by atoms with Gasteiger partial charge in [0.1, 0.15) is 5.82 Å². The van der Waals surface area contributed by atoms with Crippen LogP contribution >= 0.6 is 0 Å². The molecule has 0 unspecified atom stereocenters. The lowest BCUT2D eigenvalue weighted by Crippen LogP contribution is -2.16. The highest BCUT2D eigenvalue weighted by Gasteiger charge is 2.30. The molecule has 0 spiro atoms. The van der Waals surface area contributed by atoms with Crippen LogP contribution in [0.1, 0.15) is 26.3 Å². The number of benzene rings is 2. The summed E-state index contributed by atoms with van der Waals surface area (Å²) in [6, 6.07) is 13.6. The standard InChI is InChI=1S/C20H15F3N4O2/c21-20(22,23)13-5-2-7-15(11-13)26-18-16(8-3-9-25-18)19(29)27-14-6-1-4-12(10-14)17(24)28/h1-11H,(H2,24,28)(H,25,26)(H,27,29). The molecule has 3 rings (SSSR count). The summed E-state index contributed by atoms with van der Waals surface area (Å²) in [7, 11) is 0. The maximum atomic E-state index is 12.9. The molecule has 0 aliphatic heterocycles. The Bertz CT molecular complexity index is 1070. The molecule has 0 saturated carbocycles. The van der Waals surface area contributed by atoms with Gasteiger partial charge in [-0.2, -0.15) is 13.2 Å². The van der Waals surface area contributed by atoms with Crippen molar-refractivity contribution in [3.63, 3.8) is 0 Å². The van der Waals surface area contributed by atoms with Crippen LogP contribution in [-0.2, 0) is 6.18 Å². The van der Waals surface area contributed by atoms with Crippen LogP contribution in [-0.4, -0.2) is 16.8 Å². The molecule has 29 heavy (non-hydrogen) atoms. The van der Waals surface area contributed by atoms with Gasteiger partial charge in [-0.1, -0.05) is 12.1 Å². The number of pyridine rings is 1. The van der Waals surface area contributed by atoms with E-state index in [1.54, 1.807) is 12.1 Å². The van der Waals surface area contributed by atoms with Crippen molar-refractivity contribution in [2.24, 2.45) is 5.73 Å². The first-order chi connectivity index (χ1) is 13.7. The maximum absolute atomic E-state index is 12.9. The lowest BCUT2D eigenvalue weighted by Gasteiger charge is -2.13. The minimum absolute atomic E-state index is 0.0791. The Morgan fingerprint density at radius 3 is 2.38 bits per heavy atom. The number of nitrogens with one attached hydrogen (secondary N) is 2. The van der Waals surface area contributed by atoms with Gasteiger partial charge in [0.05, 0.1) is 11.1 Å². The Kier molecular flexibility index (Phi) is 5.49. The van der Waals surface area contributed by atoms with E-state index in [4.69, 9.17) is 5.73 Å². The number of aromatic nitrogens is 1. The summed E-state index contributed by atoms with van der Waals surface area (Å²) in [6.07, 6.45) is -3.09. The average Bonchev–Trinajstić information content (AvgIpc) is 2.68. The third-order valence-corrected chi connectivity index (χ3v) is 3.91. The predicted molar refractivity (Wildman–Crippen MR) is 102 cm³/mol. The molecule has 0 fully saturated rings. The van der Waals surface area contributed by atoms with E-state index in [0.717, 1.165) is 12.1 Å². The number of alkyl halides is 3. The molecule has 1 aromatic heterocycles. The largest absolute Gasteiger partial charge is 0.416 e. The van der Waals surface area contributed by atoms with Crippen LogP contribution in [0.5, 0.6) is 0 Å². The Balaban J connectivity index is 1.85. The predicted octanol–water partition coefficient (Wildman–Crippen LogP) is 4.20. The van der Waals surface area contributed by atoms with Crippen LogP contribution in [0.2, 0.25) is 0 Å². The van der Waals surface area contributed by atoms with Gasteiger partial charge in [-0.25, -0.2) is 4.98 Å². The van der Waals surface area contributed by atoms with Gasteiger partial charge in [0.15, 0.2) is 0 Å².